The Hall–Kier alpha value is -0.790. The lowest BCUT2D eigenvalue weighted by atomic mass is 9.58. The zero-order chi connectivity index (χ0) is 12.6. The molecule has 0 saturated heterocycles. The van der Waals surface area contributed by atoms with Gasteiger partial charge in [-0.3, -0.25) is 4.79 Å². The van der Waals surface area contributed by atoms with Gasteiger partial charge in [0.05, 0.1) is 0 Å². The van der Waals surface area contributed by atoms with Gasteiger partial charge in [-0.05, 0) is 51.9 Å². The van der Waals surface area contributed by atoms with Gasteiger partial charge in [0, 0.05) is 12.3 Å². The number of fused-ring (bicyclic) bond motifs is 1. The molecule has 1 saturated carbocycles. The molecule has 2 nitrogen and oxygen atoms in total. The molecular weight excluding hydrogens is 212 g/mol. The molecule has 2 aliphatic rings. The molecule has 3 atom stereocenters. The second-order valence-electron chi connectivity index (χ2n) is 6.17. The van der Waals surface area contributed by atoms with E-state index in [2.05, 4.69) is 20.8 Å². The molecule has 0 unspecified atom stereocenters. The van der Waals surface area contributed by atoms with E-state index in [-0.39, 0.29) is 17.5 Å². The van der Waals surface area contributed by atoms with Gasteiger partial charge in [0.2, 0.25) is 0 Å². The Morgan fingerprint density at radius 2 is 2.00 bits per heavy atom. The van der Waals surface area contributed by atoms with Crippen LogP contribution in [0.3, 0.4) is 0 Å². The molecule has 96 valence electrons. The highest BCUT2D eigenvalue weighted by Gasteiger charge is 2.47. The zero-order valence-corrected chi connectivity index (χ0v) is 11.5. The Kier molecular flexibility index (Phi) is 3.33. The Morgan fingerprint density at radius 3 is 2.65 bits per heavy atom. The van der Waals surface area contributed by atoms with Crippen LogP contribution in [-0.4, -0.2) is 12.1 Å². The van der Waals surface area contributed by atoms with Crippen molar-refractivity contribution in [2.75, 3.05) is 0 Å². The van der Waals surface area contributed by atoms with Gasteiger partial charge >= 0.3 is 5.97 Å². The van der Waals surface area contributed by atoms with E-state index < -0.39 is 0 Å². The monoisotopic (exact) mass is 236 g/mol. The van der Waals surface area contributed by atoms with Gasteiger partial charge in [-0.25, -0.2) is 0 Å². The number of rotatable bonds is 1. The van der Waals surface area contributed by atoms with Gasteiger partial charge < -0.3 is 4.74 Å². The van der Waals surface area contributed by atoms with Crippen molar-refractivity contribution in [2.24, 2.45) is 11.3 Å². The quantitative estimate of drug-likeness (QED) is 0.510. The smallest absolute Gasteiger partial charge is 0.302 e. The van der Waals surface area contributed by atoms with Crippen molar-refractivity contribution in [1.29, 1.82) is 0 Å². The number of carbonyl (C=O) groups excluding carboxylic acids is 1. The number of carbonyl (C=O) groups is 1. The van der Waals surface area contributed by atoms with Gasteiger partial charge in [-0.15, -0.1) is 0 Å². The topological polar surface area (TPSA) is 26.3 Å². The first kappa shape index (κ1) is 12.7. The summed E-state index contributed by atoms with van der Waals surface area (Å²) in [5.41, 5.74) is 3.23. The summed E-state index contributed by atoms with van der Waals surface area (Å²) in [5.74, 6) is 0.574. The van der Waals surface area contributed by atoms with Crippen molar-refractivity contribution in [1.82, 2.24) is 0 Å². The van der Waals surface area contributed by atoms with Crippen LogP contribution >= 0.6 is 0 Å². The van der Waals surface area contributed by atoms with Gasteiger partial charge in [0.25, 0.3) is 0 Å². The molecule has 0 bridgehead atoms. The van der Waals surface area contributed by atoms with Crippen molar-refractivity contribution in [3.63, 3.8) is 0 Å². The Bertz CT molecular complexity index is 356. The zero-order valence-electron chi connectivity index (χ0n) is 11.5. The largest absolute Gasteiger partial charge is 0.462 e. The van der Waals surface area contributed by atoms with Crippen LogP contribution in [0.4, 0.5) is 0 Å². The van der Waals surface area contributed by atoms with E-state index in [4.69, 9.17) is 4.74 Å². The van der Waals surface area contributed by atoms with Gasteiger partial charge in [-0.2, -0.15) is 0 Å². The molecular formula is C15H24O2. The van der Waals surface area contributed by atoms with E-state index in [1.807, 2.05) is 0 Å². The lowest BCUT2D eigenvalue weighted by Crippen LogP contribution is -2.46. The van der Waals surface area contributed by atoms with E-state index >= 15 is 0 Å². The average Bonchev–Trinajstić information content (AvgIpc) is 2.22. The highest BCUT2D eigenvalue weighted by Crippen LogP contribution is 2.52. The second kappa shape index (κ2) is 4.47. The van der Waals surface area contributed by atoms with Crippen LogP contribution in [0.2, 0.25) is 0 Å². The fraction of sp³-hybridized carbons (Fsp3) is 0.800. The van der Waals surface area contributed by atoms with Crippen LogP contribution in [-0.2, 0) is 9.53 Å². The van der Waals surface area contributed by atoms with Gasteiger partial charge in [-0.1, -0.05) is 18.1 Å². The summed E-state index contributed by atoms with van der Waals surface area (Å²) in [6.07, 6.45) is 5.95. The first-order chi connectivity index (χ1) is 7.93. The molecule has 17 heavy (non-hydrogen) atoms. The maximum Gasteiger partial charge on any atom is 0.302 e. The number of hydrogen-bond acceptors (Lipinski definition) is 2. The summed E-state index contributed by atoms with van der Waals surface area (Å²) < 4.78 is 5.59. The number of esters is 1. The third kappa shape index (κ3) is 2.27. The molecule has 1 fully saturated rings. The van der Waals surface area contributed by atoms with E-state index in [1.165, 1.54) is 31.8 Å². The Balaban J connectivity index is 2.24. The molecule has 0 aliphatic heterocycles. The van der Waals surface area contributed by atoms with E-state index in [0.29, 0.717) is 5.92 Å². The third-order valence-electron chi connectivity index (χ3n) is 4.92. The summed E-state index contributed by atoms with van der Waals surface area (Å²) in [6, 6.07) is 0. The van der Waals surface area contributed by atoms with Crippen LogP contribution < -0.4 is 0 Å². The van der Waals surface area contributed by atoms with Gasteiger partial charge in [0.1, 0.15) is 6.10 Å². The first-order valence-electron chi connectivity index (χ1n) is 6.76. The molecule has 0 N–H and O–H groups in total. The summed E-state index contributed by atoms with van der Waals surface area (Å²) >= 11 is 0. The van der Waals surface area contributed by atoms with Crippen LogP contribution in [0, 0.1) is 11.3 Å². The lowest BCUT2D eigenvalue weighted by molar-refractivity contribution is -0.160. The van der Waals surface area contributed by atoms with Crippen molar-refractivity contribution >= 4 is 5.97 Å². The molecule has 0 aromatic heterocycles. The average molecular weight is 236 g/mol. The predicted molar refractivity (Wildman–Crippen MR) is 68.6 cm³/mol. The molecule has 2 rings (SSSR count). The van der Waals surface area contributed by atoms with E-state index in [1.54, 1.807) is 5.57 Å². The highest BCUT2D eigenvalue weighted by molar-refractivity contribution is 5.66. The van der Waals surface area contributed by atoms with E-state index in [0.717, 1.165) is 12.8 Å². The lowest BCUT2D eigenvalue weighted by Gasteiger charge is -2.50. The first-order valence-corrected chi connectivity index (χ1v) is 6.76. The van der Waals surface area contributed by atoms with Crippen molar-refractivity contribution in [3.8, 4) is 0 Å². The van der Waals surface area contributed by atoms with Crippen LogP contribution in [0.15, 0.2) is 11.1 Å². The Labute approximate surface area is 104 Å². The highest BCUT2D eigenvalue weighted by atomic mass is 16.5. The maximum absolute atomic E-state index is 11.2. The molecule has 0 heterocycles. The summed E-state index contributed by atoms with van der Waals surface area (Å²) in [7, 11) is 0. The van der Waals surface area contributed by atoms with E-state index in [9.17, 15) is 4.79 Å². The molecule has 0 aromatic rings. The van der Waals surface area contributed by atoms with Crippen molar-refractivity contribution in [2.45, 2.75) is 65.9 Å². The fourth-order valence-corrected chi connectivity index (χ4v) is 3.73. The fourth-order valence-electron chi connectivity index (χ4n) is 3.73. The van der Waals surface area contributed by atoms with Crippen molar-refractivity contribution < 1.29 is 9.53 Å². The van der Waals surface area contributed by atoms with Crippen LogP contribution in [0.25, 0.3) is 0 Å². The Morgan fingerprint density at radius 1 is 1.29 bits per heavy atom. The molecule has 2 heteroatoms. The normalized spacial score (nSPS) is 37.6. The number of ether oxygens (including phenoxy) is 1. The SMILES string of the molecule is CC(=O)O[C@@H]1CCC[C@@H]2CC(C)=C(C)C[C@@]21C. The minimum atomic E-state index is -0.124. The molecule has 0 aromatic carbocycles. The second-order valence-corrected chi connectivity index (χ2v) is 6.17. The standard InChI is InChI=1S/C15H24O2/c1-10-8-13-6-5-7-14(17-12(3)16)15(13,4)9-11(10)2/h13-14H,5-9H2,1-4H3/t13-,14-,15+/m1/s1. The van der Waals surface area contributed by atoms with Gasteiger partial charge in [0.15, 0.2) is 0 Å². The summed E-state index contributed by atoms with van der Waals surface area (Å²) in [4.78, 5) is 11.2. The summed E-state index contributed by atoms with van der Waals surface area (Å²) in [5, 5.41) is 0. The molecule has 0 amide bonds. The van der Waals surface area contributed by atoms with Crippen LogP contribution in [0.1, 0.15) is 59.8 Å². The molecule has 0 radical (unpaired) electrons. The maximum atomic E-state index is 11.2. The third-order valence-corrected chi connectivity index (χ3v) is 4.92. The molecule has 0 spiro atoms. The predicted octanol–water partition coefficient (Wildman–Crippen LogP) is 3.85. The van der Waals surface area contributed by atoms with Crippen LogP contribution in [0.5, 0.6) is 0 Å². The minimum Gasteiger partial charge on any atom is -0.462 e. The molecule has 2 aliphatic carbocycles. The summed E-state index contributed by atoms with van der Waals surface area (Å²) in [6.45, 7) is 8.34. The van der Waals surface area contributed by atoms with Crippen molar-refractivity contribution in [3.05, 3.63) is 11.1 Å². The number of allylic oxidation sites excluding steroid dienone is 2. The minimum absolute atomic E-state index is 0.124. The number of hydrogen-bond donors (Lipinski definition) is 0.